The van der Waals surface area contributed by atoms with Gasteiger partial charge < -0.3 is 19.4 Å². The van der Waals surface area contributed by atoms with Crippen LogP contribution in [0.3, 0.4) is 0 Å². The van der Waals surface area contributed by atoms with Gasteiger partial charge in [0.1, 0.15) is 10.8 Å². The minimum absolute atomic E-state index is 0.146. The number of hydrogen-bond donors (Lipinski definition) is 1. The summed E-state index contributed by atoms with van der Waals surface area (Å²) >= 11 is 2.82. The van der Waals surface area contributed by atoms with Crippen molar-refractivity contribution in [2.45, 2.75) is 57.1 Å². The fourth-order valence-corrected chi connectivity index (χ4v) is 6.42. The number of benzene rings is 1. The van der Waals surface area contributed by atoms with E-state index in [1.165, 1.54) is 41.5 Å². The Morgan fingerprint density at radius 3 is 2.63 bits per heavy atom. The van der Waals surface area contributed by atoms with Crippen molar-refractivity contribution in [3.8, 4) is 17.1 Å². The molecule has 2 aromatic heterocycles. The van der Waals surface area contributed by atoms with Gasteiger partial charge in [-0.3, -0.25) is 4.79 Å². The Labute approximate surface area is 213 Å². The molecule has 2 heterocycles. The fraction of sp³-hybridized carbons (Fsp3) is 0.440. The summed E-state index contributed by atoms with van der Waals surface area (Å²) in [5.41, 5.74) is 2.40. The molecule has 4 rings (SSSR count). The van der Waals surface area contributed by atoms with Gasteiger partial charge in [0.25, 0.3) is 0 Å². The van der Waals surface area contributed by atoms with E-state index in [1.807, 2.05) is 35.8 Å². The summed E-state index contributed by atoms with van der Waals surface area (Å²) in [7, 11) is 3.01. The van der Waals surface area contributed by atoms with Gasteiger partial charge in [0.15, 0.2) is 11.0 Å². The van der Waals surface area contributed by atoms with Crippen LogP contribution in [0.15, 0.2) is 29.4 Å². The maximum absolute atomic E-state index is 12.9. The Hall–Kier alpha value is -2.85. The summed E-state index contributed by atoms with van der Waals surface area (Å²) < 4.78 is 12.5. The van der Waals surface area contributed by atoms with Gasteiger partial charge in [-0.2, -0.15) is 0 Å². The fourth-order valence-electron chi connectivity index (χ4n) is 4.33. The number of thioether (sulfide) groups is 1. The number of thiophene rings is 1. The Balaban J connectivity index is 1.51. The van der Waals surface area contributed by atoms with E-state index in [1.54, 1.807) is 7.11 Å². The lowest BCUT2D eigenvalue weighted by molar-refractivity contribution is -0.113. The third-order valence-electron chi connectivity index (χ3n) is 6.03. The molecule has 1 amide bonds. The maximum atomic E-state index is 12.9. The summed E-state index contributed by atoms with van der Waals surface area (Å²) in [6, 6.07) is 7.65. The zero-order valence-electron chi connectivity index (χ0n) is 20.3. The summed E-state index contributed by atoms with van der Waals surface area (Å²) in [5, 5.41) is 12.9. The van der Waals surface area contributed by atoms with Crippen molar-refractivity contribution in [2.24, 2.45) is 0 Å². The molecule has 0 saturated carbocycles. The SMILES string of the molecule is CCn1c(SCC(=O)Nc2sc3c(c2C(=O)OC)CCCCCC3)nnc1-c1ccccc1OC. The predicted molar refractivity (Wildman–Crippen MR) is 139 cm³/mol. The first-order valence-electron chi connectivity index (χ1n) is 11.8. The molecule has 35 heavy (non-hydrogen) atoms. The quantitative estimate of drug-likeness (QED) is 0.326. The second kappa shape index (κ2) is 11.7. The number of amides is 1. The van der Waals surface area contributed by atoms with Crippen LogP contribution in [-0.4, -0.2) is 46.6 Å². The van der Waals surface area contributed by atoms with E-state index in [0.29, 0.717) is 33.8 Å². The number of aromatic nitrogens is 3. The molecule has 1 aliphatic rings. The smallest absolute Gasteiger partial charge is 0.341 e. The molecule has 1 N–H and O–H groups in total. The van der Waals surface area contributed by atoms with Gasteiger partial charge >= 0.3 is 5.97 Å². The van der Waals surface area contributed by atoms with E-state index in [0.717, 1.165) is 43.2 Å². The molecule has 186 valence electrons. The number of methoxy groups -OCH3 is 2. The van der Waals surface area contributed by atoms with Gasteiger partial charge in [-0.25, -0.2) is 4.79 Å². The second-order valence-electron chi connectivity index (χ2n) is 8.20. The third-order valence-corrected chi connectivity index (χ3v) is 8.20. The van der Waals surface area contributed by atoms with Crippen LogP contribution in [-0.2, 0) is 28.9 Å². The number of hydrogen-bond acceptors (Lipinski definition) is 8. The first-order valence-corrected chi connectivity index (χ1v) is 13.6. The molecule has 0 atom stereocenters. The number of anilines is 1. The lowest BCUT2D eigenvalue weighted by Gasteiger charge is -2.11. The summed E-state index contributed by atoms with van der Waals surface area (Å²) in [6.07, 6.45) is 6.25. The van der Waals surface area contributed by atoms with E-state index >= 15 is 0 Å². The molecule has 1 aromatic carbocycles. The number of nitrogens with zero attached hydrogens (tertiary/aromatic N) is 3. The summed E-state index contributed by atoms with van der Waals surface area (Å²) in [4.78, 5) is 26.7. The van der Waals surface area contributed by atoms with Crippen LogP contribution in [0.5, 0.6) is 5.75 Å². The van der Waals surface area contributed by atoms with Gasteiger partial charge in [-0.1, -0.05) is 36.7 Å². The highest BCUT2D eigenvalue weighted by Gasteiger charge is 2.26. The van der Waals surface area contributed by atoms with E-state index in [9.17, 15) is 9.59 Å². The molecule has 0 unspecified atom stereocenters. The molecule has 0 radical (unpaired) electrons. The van der Waals surface area contributed by atoms with Crippen LogP contribution in [0.4, 0.5) is 5.00 Å². The van der Waals surface area contributed by atoms with E-state index < -0.39 is 5.97 Å². The highest BCUT2D eigenvalue weighted by molar-refractivity contribution is 7.99. The van der Waals surface area contributed by atoms with E-state index in [-0.39, 0.29) is 11.7 Å². The van der Waals surface area contributed by atoms with Gasteiger partial charge in [0.2, 0.25) is 5.91 Å². The topological polar surface area (TPSA) is 95.3 Å². The number of carbonyl (C=O) groups excluding carboxylic acids is 2. The molecule has 10 heteroatoms. The van der Waals surface area contributed by atoms with Gasteiger partial charge in [0.05, 0.1) is 31.1 Å². The zero-order valence-corrected chi connectivity index (χ0v) is 21.9. The number of aryl methyl sites for hydroxylation is 1. The average Bonchev–Trinajstić information content (AvgIpc) is 3.42. The number of rotatable bonds is 8. The average molecular weight is 515 g/mol. The molecule has 3 aromatic rings. The summed E-state index contributed by atoms with van der Waals surface area (Å²) in [6.45, 7) is 2.66. The van der Waals surface area contributed by atoms with E-state index in [4.69, 9.17) is 9.47 Å². The third kappa shape index (κ3) is 5.54. The minimum Gasteiger partial charge on any atom is -0.496 e. The molecular formula is C25H30N4O4S2. The molecule has 0 bridgehead atoms. The summed E-state index contributed by atoms with van der Waals surface area (Å²) in [5.74, 6) is 0.969. The first-order chi connectivity index (χ1) is 17.1. The van der Waals surface area contributed by atoms with Crippen LogP contribution in [0.25, 0.3) is 11.4 Å². The van der Waals surface area contributed by atoms with Crippen molar-refractivity contribution in [3.63, 3.8) is 0 Å². The molecule has 0 spiro atoms. The number of carbonyl (C=O) groups is 2. The molecule has 0 fully saturated rings. The van der Waals surface area contributed by atoms with Gasteiger partial charge in [0, 0.05) is 11.4 Å². The highest BCUT2D eigenvalue weighted by atomic mass is 32.2. The molecule has 1 aliphatic carbocycles. The monoisotopic (exact) mass is 514 g/mol. The molecular weight excluding hydrogens is 484 g/mol. The van der Waals surface area contributed by atoms with Crippen molar-refractivity contribution >= 4 is 40.0 Å². The lowest BCUT2D eigenvalue weighted by atomic mass is 9.96. The van der Waals surface area contributed by atoms with Crippen LogP contribution < -0.4 is 10.1 Å². The Bertz CT molecular complexity index is 1200. The number of fused-ring (bicyclic) bond motifs is 1. The van der Waals surface area contributed by atoms with Gasteiger partial charge in [-0.05, 0) is 50.3 Å². The van der Waals surface area contributed by atoms with Crippen LogP contribution in [0, 0.1) is 0 Å². The van der Waals surface area contributed by atoms with Crippen LogP contribution in [0.2, 0.25) is 0 Å². The van der Waals surface area contributed by atoms with Crippen molar-refractivity contribution < 1.29 is 19.1 Å². The Kier molecular flexibility index (Phi) is 8.46. The predicted octanol–water partition coefficient (Wildman–Crippen LogP) is 5.21. The van der Waals surface area contributed by atoms with Crippen molar-refractivity contribution in [1.82, 2.24) is 14.8 Å². The van der Waals surface area contributed by atoms with Gasteiger partial charge in [-0.15, -0.1) is 21.5 Å². The second-order valence-corrected chi connectivity index (χ2v) is 10.2. The van der Waals surface area contributed by atoms with E-state index in [2.05, 4.69) is 15.5 Å². The largest absolute Gasteiger partial charge is 0.496 e. The standard InChI is InChI=1S/C25H30N4O4S2/c1-4-29-22(16-11-9-10-13-18(16)32-2)27-28-25(29)34-15-20(30)26-23-21(24(31)33-3)17-12-7-5-6-8-14-19(17)35-23/h9-11,13H,4-8,12,14-15H2,1-3H3,(H,26,30). The highest BCUT2D eigenvalue weighted by Crippen LogP contribution is 2.38. The zero-order chi connectivity index (χ0) is 24.8. The van der Waals surface area contributed by atoms with Crippen molar-refractivity contribution in [3.05, 3.63) is 40.3 Å². The number of nitrogens with one attached hydrogen (secondary N) is 1. The van der Waals surface area contributed by atoms with Crippen LogP contribution in [0.1, 0.15) is 53.4 Å². The van der Waals surface area contributed by atoms with Crippen molar-refractivity contribution in [1.29, 1.82) is 0 Å². The molecule has 0 aliphatic heterocycles. The lowest BCUT2D eigenvalue weighted by Crippen LogP contribution is -2.17. The normalized spacial score (nSPS) is 13.5. The number of para-hydroxylation sites is 1. The first kappa shape index (κ1) is 25.2. The Morgan fingerprint density at radius 1 is 1.11 bits per heavy atom. The molecule has 0 saturated heterocycles. The van der Waals surface area contributed by atoms with Crippen molar-refractivity contribution in [2.75, 3.05) is 25.3 Å². The minimum atomic E-state index is -0.391. The maximum Gasteiger partial charge on any atom is 0.341 e. The Morgan fingerprint density at radius 2 is 1.89 bits per heavy atom. The number of ether oxygens (including phenoxy) is 2. The number of esters is 1. The van der Waals surface area contributed by atoms with Crippen LogP contribution >= 0.6 is 23.1 Å². The molecule has 8 nitrogen and oxygen atoms in total.